The predicted octanol–water partition coefficient (Wildman–Crippen LogP) is 0.834. The van der Waals surface area contributed by atoms with Gasteiger partial charge in [0.1, 0.15) is 11.5 Å². The number of aromatic nitrogens is 2. The Labute approximate surface area is 90.9 Å². The molecular formula is C9H13F3N4. The van der Waals surface area contributed by atoms with Crippen LogP contribution in [0.1, 0.15) is 11.5 Å². The monoisotopic (exact) mass is 234 g/mol. The van der Waals surface area contributed by atoms with E-state index in [1.807, 2.05) is 0 Å². The minimum absolute atomic E-state index is 0.370. The van der Waals surface area contributed by atoms with E-state index in [1.54, 1.807) is 0 Å². The lowest BCUT2D eigenvalue weighted by atomic mass is 10.3. The van der Waals surface area contributed by atoms with Crippen LogP contribution in [-0.4, -0.2) is 41.0 Å². The molecule has 4 nitrogen and oxygen atoms in total. The van der Waals surface area contributed by atoms with Gasteiger partial charge >= 0.3 is 6.18 Å². The summed E-state index contributed by atoms with van der Waals surface area (Å²) < 4.78 is 36.9. The zero-order valence-corrected chi connectivity index (χ0v) is 8.64. The second-order valence-corrected chi connectivity index (χ2v) is 3.77. The van der Waals surface area contributed by atoms with E-state index in [-0.39, 0.29) is 0 Å². The first-order chi connectivity index (χ1) is 7.55. The Morgan fingerprint density at radius 1 is 1.31 bits per heavy atom. The number of H-pyrrole nitrogens is 1. The smallest absolute Gasteiger partial charge is 0.337 e. The number of alkyl halides is 3. The number of imidazole rings is 1. The summed E-state index contributed by atoms with van der Waals surface area (Å²) in [6.07, 6.45) is -3.49. The van der Waals surface area contributed by atoms with Crippen molar-refractivity contribution in [2.24, 2.45) is 0 Å². The first kappa shape index (κ1) is 11.4. The van der Waals surface area contributed by atoms with Gasteiger partial charge in [-0.2, -0.15) is 13.2 Å². The van der Waals surface area contributed by atoms with Gasteiger partial charge in [-0.25, -0.2) is 4.98 Å². The fourth-order valence-corrected chi connectivity index (χ4v) is 1.67. The molecule has 2 rings (SSSR count). The SMILES string of the molecule is FC(F)(F)c1cnc(CN2CCNCC2)[nH]1. The van der Waals surface area contributed by atoms with Crippen LogP contribution in [0.15, 0.2) is 6.20 Å². The molecule has 1 aliphatic heterocycles. The molecule has 1 aliphatic rings. The van der Waals surface area contributed by atoms with E-state index >= 15 is 0 Å². The van der Waals surface area contributed by atoms with Crippen molar-refractivity contribution in [2.75, 3.05) is 26.2 Å². The summed E-state index contributed by atoms with van der Waals surface area (Å²) in [5.74, 6) is 0.370. The topological polar surface area (TPSA) is 44.0 Å². The van der Waals surface area contributed by atoms with Gasteiger partial charge < -0.3 is 10.3 Å². The highest BCUT2D eigenvalue weighted by Gasteiger charge is 2.33. The Hall–Kier alpha value is -1.08. The lowest BCUT2D eigenvalue weighted by Gasteiger charge is -2.26. The molecule has 2 heterocycles. The van der Waals surface area contributed by atoms with Crippen LogP contribution in [0.25, 0.3) is 0 Å². The van der Waals surface area contributed by atoms with Crippen molar-refractivity contribution in [2.45, 2.75) is 12.7 Å². The van der Waals surface area contributed by atoms with E-state index in [0.29, 0.717) is 12.4 Å². The van der Waals surface area contributed by atoms with Crippen LogP contribution in [0, 0.1) is 0 Å². The first-order valence-electron chi connectivity index (χ1n) is 5.10. The molecule has 0 aliphatic carbocycles. The predicted molar refractivity (Wildman–Crippen MR) is 51.7 cm³/mol. The lowest BCUT2D eigenvalue weighted by molar-refractivity contribution is -0.141. The average Bonchev–Trinajstić information content (AvgIpc) is 2.67. The number of hydrogen-bond donors (Lipinski definition) is 2. The van der Waals surface area contributed by atoms with Crippen LogP contribution in [0.2, 0.25) is 0 Å². The largest absolute Gasteiger partial charge is 0.432 e. The van der Waals surface area contributed by atoms with Crippen LogP contribution >= 0.6 is 0 Å². The number of halogens is 3. The van der Waals surface area contributed by atoms with Gasteiger partial charge in [0.15, 0.2) is 0 Å². The summed E-state index contributed by atoms with van der Waals surface area (Å²) in [5.41, 5.74) is -0.780. The summed E-state index contributed by atoms with van der Waals surface area (Å²) in [7, 11) is 0. The summed E-state index contributed by atoms with van der Waals surface area (Å²) in [4.78, 5) is 8.11. The van der Waals surface area contributed by atoms with Crippen molar-refractivity contribution >= 4 is 0 Å². The third-order valence-electron chi connectivity index (χ3n) is 2.52. The van der Waals surface area contributed by atoms with Gasteiger partial charge in [0, 0.05) is 26.2 Å². The van der Waals surface area contributed by atoms with Crippen LogP contribution in [0.3, 0.4) is 0 Å². The minimum atomic E-state index is -4.34. The molecule has 0 bridgehead atoms. The van der Waals surface area contributed by atoms with Crippen molar-refractivity contribution in [3.63, 3.8) is 0 Å². The molecule has 0 amide bonds. The number of hydrogen-bond acceptors (Lipinski definition) is 3. The Morgan fingerprint density at radius 2 is 2.00 bits per heavy atom. The van der Waals surface area contributed by atoms with Crippen molar-refractivity contribution < 1.29 is 13.2 Å². The highest BCUT2D eigenvalue weighted by Crippen LogP contribution is 2.27. The number of nitrogens with zero attached hydrogens (tertiary/aromatic N) is 2. The fraction of sp³-hybridized carbons (Fsp3) is 0.667. The van der Waals surface area contributed by atoms with Gasteiger partial charge in [0.05, 0.1) is 12.7 Å². The third-order valence-corrected chi connectivity index (χ3v) is 2.52. The maximum absolute atomic E-state index is 12.3. The van der Waals surface area contributed by atoms with Crippen molar-refractivity contribution in [3.05, 3.63) is 17.7 Å². The maximum Gasteiger partial charge on any atom is 0.432 e. The fourth-order valence-electron chi connectivity index (χ4n) is 1.67. The maximum atomic E-state index is 12.3. The molecule has 2 N–H and O–H groups in total. The molecule has 16 heavy (non-hydrogen) atoms. The molecule has 7 heteroatoms. The second kappa shape index (κ2) is 4.42. The molecular weight excluding hydrogens is 221 g/mol. The Morgan fingerprint density at radius 3 is 2.56 bits per heavy atom. The summed E-state index contributed by atoms with van der Waals surface area (Å²) >= 11 is 0. The average molecular weight is 234 g/mol. The van der Waals surface area contributed by atoms with Crippen LogP contribution < -0.4 is 5.32 Å². The normalized spacial score (nSPS) is 18.9. The van der Waals surface area contributed by atoms with Crippen molar-refractivity contribution in [3.8, 4) is 0 Å². The van der Waals surface area contributed by atoms with Crippen LogP contribution in [0.4, 0.5) is 13.2 Å². The molecule has 1 aromatic heterocycles. The molecule has 90 valence electrons. The van der Waals surface area contributed by atoms with E-state index in [4.69, 9.17) is 0 Å². The molecule has 1 fully saturated rings. The standard InChI is InChI=1S/C9H13F3N4/c10-9(11,12)7-5-14-8(15-7)6-16-3-1-13-2-4-16/h5,13H,1-4,6H2,(H,14,15). The van der Waals surface area contributed by atoms with Gasteiger partial charge in [-0.3, -0.25) is 4.90 Å². The van der Waals surface area contributed by atoms with E-state index in [9.17, 15) is 13.2 Å². The van der Waals surface area contributed by atoms with Gasteiger partial charge in [-0.15, -0.1) is 0 Å². The summed E-state index contributed by atoms with van der Waals surface area (Å²) in [6, 6.07) is 0. The van der Waals surface area contributed by atoms with Crippen LogP contribution in [-0.2, 0) is 12.7 Å². The van der Waals surface area contributed by atoms with Gasteiger partial charge in [-0.1, -0.05) is 0 Å². The summed E-state index contributed by atoms with van der Waals surface area (Å²) in [5, 5.41) is 3.18. The zero-order valence-electron chi connectivity index (χ0n) is 8.64. The number of rotatable bonds is 2. The zero-order chi connectivity index (χ0) is 11.6. The highest BCUT2D eigenvalue weighted by atomic mass is 19.4. The van der Waals surface area contributed by atoms with Crippen molar-refractivity contribution in [1.29, 1.82) is 0 Å². The van der Waals surface area contributed by atoms with Gasteiger partial charge in [0.2, 0.25) is 0 Å². The Kier molecular flexibility index (Phi) is 3.15. The molecule has 1 aromatic rings. The molecule has 0 aromatic carbocycles. The quantitative estimate of drug-likeness (QED) is 0.796. The molecule has 0 spiro atoms. The Balaban J connectivity index is 1.97. The number of aromatic amines is 1. The molecule has 0 radical (unpaired) electrons. The molecule has 1 saturated heterocycles. The first-order valence-corrected chi connectivity index (χ1v) is 5.10. The molecule has 0 atom stereocenters. The highest BCUT2D eigenvalue weighted by molar-refractivity contribution is 5.05. The van der Waals surface area contributed by atoms with Crippen molar-refractivity contribution in [1.82, 2.24) is 20.2 Å². The molecule has 0 unspecified atom stereocenters. The number of piperazine rings is 1. The molecule has 0 saturated carbocycles. The lowest BCUT2D eigenvalue weighted by Crippen LogP contribution is -2.43. The van der Waals surface area contributed by atoms with Gasteiger partial charge in [0.25, 0.3) is 0 Å². The number of nitrogens with one attached hydrogen (secondary N) is 2. The van der Waals surface area contributed by atoms with E-state index < -0.39 is 11.9 Å². The summed E-state index contributed by atoms with van der Waals surface area (Å²) in [6.45, 7) is 3.85. The second-order valence-electron chi connectivity index (χ2n) is 3.77. The Bertz CT molecular complexity index is 341. The van der Waals surface area contributed by atoms with Crippen LogP contribution in [0.5, 0.6) is 0 Å². The van der Waals surface area contributed by atoms with E-state index in [1.165, 1.54) is 0 Å². The van der Waals surface area contributed by atoms with E-state index in [0.717, 1.165) is 32.4 Å². The third kappa shape index (κ3) is 2.73. The van der Waals surface area contributed by atoms with E-state index in [2.05, 4.69) is 20.2 Å². The van der Waals surface area contributed by atoms with Gasteiger partial charge in [-0.05, 0) is 0 Å². The minimum Gasteiger partial charge on any atom is -0.337 e.